The molecule has 0 radical (unpaired) electrons. The van der Waals surface area contributed by atoms with Gasteiger partial charge >= 0.3 is 0 Å². The van der Waals surface area contributed by atoms with Crippen LogP contribution in [0.4, 0.5) is 17.1 Å². The lowest BCUT2D eigenvalue weighted by Crippen LogP contribution is -2.15. The van der Waals surface area contributed by atoms with Crippen molar-refractivity contribution in [1.82, 2.24) is 0 Å². The summed E-state index contributed by atoms with van der Waals surface area (Å²) in [5, 5.41) is 10.0. The van der Waals surface area contributed by atoms with Crippen LogP contribution in [0.15, 0.2) is 200 Å². The minimum Gasteiger partial charge on any atom is -0.485 e. The van der Waals surface area contributed by atoms with Crippen LogP contribution >= 0.6 is 0 Å². The van der Waals surface area contributed by atoms with E-state index in [2.05, 4.69) is 205 Å². The van der Waals surface area contributed by atoms with Crippen molar-refractivity contribution in [3.05, 3.63) is 206 Å². The first-order valence-electron chi connectivity index (χ1n) is 18.8. The molecule has 54 heavy (non-hydrogen) atoms. The highest BCUT2D eigenvalue weighted by atomic mass is 16.5. The molecule has 0 fully saturated rings. The predicted molar refractivity (Wildman–Crippen MR) is 227 cm³/mol. The number of benzene rings is 9. The molecule has 0 aromatic heterocycles. The standard InChI is InChI=1S/C52H35NO/c1-2-12-34(13-3-1)35-24-28-38(29-25-35)53(39-30-26-37(27-31-39)41-20-10-15-36-14-4-5-16-40(36)41)47-22-11-21-43-45-32-33-49-52(46-19-8-9-23-48(46)54-49)51(45)44-18-7-6-17-42(44)50(43)47/h1-33,46,48H. The Morgan fingerprint density at radius 3 is 1.76 bits per heavy atom. The summed E-state index contributed by atoms with van der Waals surface area (Å²) in [6.07, 6.45) is 8.78. The highest BCUT2D eigenvalue weighted by Gasteiger charge is 2.34. The van der Waals surface area contributed by atoms with Gasteiger partial charge in [-0.15, -0.1) is 0 Å². The summed E-state index contributed by atoms with van der Waals surface area (Å²) in [5.41, 5.74) is 9.49. The first-order valence-corrected chi connectivity index (χ1v) is 18.8. The molecule has 2 heteroatoms. The summed E-state index contributed by atoms with van der Waals surface area (Å²) < 4.78 is 6.52. The summed E-state index contributed by atoms with van der Waals surface area (Å²) in [7, 11) is 0. The number of allylic oxidation sites excluding steroid dienone is 2. The molecule has 9 aromatic carbocycles. The molecule has 0 saturated heterocycles. The highest BCUT2D eigenvalue weighted by Crippen LogP contribution is 2.51. The van der Waals surface area contributed by atoms with Crippen LogP contribution in [0.2, 0.25) is 0 Å². The largest absolute Gasteiger partial charge is 0.485 e. The zero-order valence-electron chi connectivity index (χ0n) is 29.6. The van der Waals surface area contributed by atoms with E-state index in [0.717, 1.165) is 22.8 Å². The first kappa shape index (κ1) is 30.7. The molecule has 0 saturated carbocycles. The molecular formula is C52H35NO. The predicted octanol–water partition coefficient (Wildman–Crippen LogP) is 14.1. The van der Waals surface area contributed by atoms with Crippen LogP contribution in [-0.4, -0.2) is 6.10 Å². The van der Waals surface area contributed by atoms with Gasteiger partial charge in [-0.3, -0.25) is 0 Å². The molecule has 254 valence electrons. The molecule has 1 heterocycles. The van der Waals surface area contributed by atoms with E-state index in [-0.39, 0.29) is 12.0 Å². The van der Waals surface area contributed by atoms with Gasteiger partial charge in [0.05, 0.1) is 5.69 Å². The van der Waals surface area contributed by atoms with E-state index in [1.54, 1.807) is 0 Å². The maximum Gasteiger partial charge on any atom is 0.128 e. The van der Waals surface area contributed by atoms with Gasteiger partial charge < -0.3 is 9.64 Å². The molecule has 2 unspecified atom stereocenters. The third-order valence-corrected chi connectivity index (χ3v) is 11.4. The Bertz CT molecular complexity index is 2920. The van der Waals surface area contributed by atoms with Crippen LogP contribution in [-0.2, 0) is 0 Å². The number of nitrogens with zero attached hydrogens (tertiary/aromatic N) is 1. The summed E-state index contributed by atoms with van der Waals surface area (Å²) >= 11 is 0. The Kier molecular flexibility index (Phi) is 7.03. The van der Waals surface area contributed by atoms with E-state index in [1.807, 2.05) is 0 Å². The van der Waals surface area contributed by atoms with E-state index in [4.69, 9.17) is 4.74 Å². The fraction of sp³-hybridized carbons (Fsp3) is 0.0385. The van der Waals surface area contributed by atoms with E-state index in [9.17, 15) is 0 Å². The Morgan fingerprint density at radius 1 is 0.407 bits per heavy atom. The molecule has 11 rings (SSSR count). The average molecular weight is 690 g/mol. The minimum absolute atomic E-state index is 0.0302. The molecule has 1 aliphatic carbocycles. The van der Waals surface area contributed by atoms with Gasteiger partial charge in [0.15, 0.2) is 0 Å². The summed E-state index contributed by atoms with van der Waals surface area (Å²) in [6, 6.07) is 64.1. The van der Waals surface area contributed by atoms with Gasteiger partial charge in [0.1, 0.15) is 11.9 Å². The number of anilines is 3. The summed E-state index contributed by atoms with van der Waals surface area (Å²) in [4.78, 5) is 2.43. The molecule has 0 spiro atoms. The lowest BCUT2D eigenvalue weighted by molar-refractivity contribution is 0.269. The molecular weight excluding hydrogens is 655 g/mol. The van der Waals surface area contributed by atoms with Gasteiger partial charge in [-0.2, -0.15) is 0 Å². The maximum absolute atomic E-state index is 6.52. The minimum atomic E-state index is 0.0302. The molecule has 0 amide bonds. The van der Waals surface area contributed by atoms with Crippen LogP contribution in [0.3, 0.4) is 0 Å². The Hall–Kier alpha value is -6.90. The van der Waals surface area contributed by atoms with Crippen LogP contribution in [0.1, 0.15) is 11.5 Å². The highest BCUT2D eigenvalue weighted by molar-refractivity contribution is 6.30. The second kappa shape index (κ2) is 12.4. The third-order valence-electron chi connectivity index (χ3n) is 11.4. The summed E-state index contributed by atoms with van der Waals surface area (Å²) in [5.74, 6) is 1.18. The SMILES string of the molecule is C1=CC2Oc3ccc4c5cccc(N(c6ccc(-c7ccccc7)cc6)c6ccc(-c7cccc8ccccc78)cc6)c5c5ccccc5c4c3C2C=C1. The van der Waals surface area contributed by atoms with E-state index >= 15 is 0 Å². The Balaban J connectivity index is 1.14. The Morgan fingerprint density at radius 2 is 0.981 bits per heavy atom. The molecule has 2 aliphatic rings. The van der Waals surface area contributed by atoms with Gasteiger partial charge in [0, 0.05) is 28.2 Å². The smallest absolute Gasteiger partial charge is 0.128 e. The van der Waals surface area contributed by atoms with Gasteiger partial charge in [-0.1, -0.05) is 158 Å². The zero-order valence-corrected chi connectivity index (χ0v) is 29.6. The van der Waals surface area contributed by atoms with Crippen molar-refractivity contribution >= 4 is 60.2 Å². The van der Waals surface area contributed by atoms with Gasteiger partial charge in [-0.25, -0.2) is 0 Å². The van der Waals surface area contributed by atoms with Crippen LogP contribution < -0.4 is 9.64 Å². The number of hydrogen-bond donors (Lipinski definition) is 0. The van der Waals surface area contributed by atoms with E-state index in [0.29, 0.717) is 0 Å². The monoisotopic (exact) mass is 689 g/mol. The average Bonchev–Trinajstić information content (AvgIpc) is 3.63. The number of hydrogen-bond acceptors (Lipinski definition) is 2. The lowest BCUT2D eigenvalue weighted by Gasteiger charge is -2.28. The van der Waals surface area contributed by atoms with E-state index in [1.165, 1.54) is 70.9 Å². The normalized spacial score (nSPS) is 15.8. The van der Waals surface area contributed by atoms with Crippen LogP contribution in [0, 0.1) is 0 Å². The van der Waals surface area contributed by atoms with Gasteiger partial charge in [0.25, 0.3) is 0 Å². The topological polar surface area (TPSA) is 12.5 Å². The van der Waals surface area contributed by atoms with Crippen molar-refractivity contribution in [2.45, 2.75) is 12.0 Å². The molecule has 0 N–H and O–H groups in total. The van der Waals surface area contributed by atoms with Gasteiger partial charge in [0.2, 0.25) is 0 Å². The Labute approximate surface area is 314 Å². The van der Waals surface area contributed by atoms with Crippen LogP contribution in [0.25, 0.3) is 65.3 Å². The van der Waals surface area contributed by atoms with Crippen LogP contribution in [0.5, 0.6) is 5.75 Å². The maximum atomic E-state index is 6.52. The van der Waals surface area contributed by atoms with Crippen molar-refractivity contribution in [3.8, 4) is 28.0 Å². The van der Waals surface area contributed by atoms with Crippen molar-refractivity contribution in [1.29, 1.82) is 0 Å². The number of fused-ring (bicyclic) bond motifs is 11. The number of ether oxygens (including phenoxy) is 1. The molecule has 0 bridgehead atoms. The molecule has 1 aliphatic heterocycles. The second-order valence-corrected chi connectivity index (χ2v) is 14.3. The summed E-state index contributed by atoms with van der Waals surface area (Å²) in [6.45, 7) is 0. The van der Waals surface area contributed by atoms with Crippen molar-refractivity contribution in [3.63, 3.8) is 0 Å². The fourth-order valence-corrected chi connectivity index (χ4v) is 8.94. The van der Waals surface area contributed by atoms with Gasteiger partial charge in [-0.05, 0) is 102 Å². The molecule has 2 atom stereocenters. The quantitative estimate of drug-likeness (QED) is 0.167. The van der Waals surface area contributed by atoms with Crippen molar-refractivity contribution < 1.29 is 4.74 Å². The third kappa shape index (κ3) is 4.81. The zero-order chi connectivity index (χ0) is 35.6. The first-order chi connectivity index (χ1) is 26.8. The lowest BCUT2D eigenvalue weighted by atomic mass is 9.84. The molecule has 2 nitrogen and oxygen atoms in total. The van der Waals surface area contributed by atoms with Crippen molar-refractivity contribution in [2.75, 3.05) is 4.90 Å². The fourth-order valence-electron chi connectivity index (χ4n) is 8.94. The van der Waals surface area contributed by atoms with Crippen molar-refractivity contribution in [2.24, 2.45) is 0 Å². The number of rotatable bonds is 5. The van der Waals surface area contributed by atoms with E-state index < -0.39 is 0 Å². The molecule has 9 aromatic rings. The second-order valence-electron chi connectivity index (χ2n) is 14.3.